The number of nitrogens with zero attached hydrogens (tertiary/aromatic N) is 6. The maximum Gasteiger partial charge on any atom is 0.142 e. The van der Waals surface area contributed by atoms with Gasteiger partial charge in [0.2, 0.25) is 0 Å². The fourth-order valence-electron chi connectivity index (χ4n) is 5.29. The van der Waals surface area contributed by atoms with Gasteiger partial charge in [-0.1, -0.05) is 36.4 Å². The predicted octanol–water partition coefficient (Wildman–Crippen LogP) is 6.44. The molecule has 0 saturated carbocycles. The van der Waals surface area contributed by atoms with Crippen LogP contribution in [0, 0.1) is 0 Å². The van der Waals surface area contributed by atoms with E-state index in [1.54, 1.807) is 0 Å². The molecule has 0 N–H and O–H groups in total. The Balaban J connectivity index is 2.00. The van der Waals surface area contributed by atoms with Crippen LogP contribution in [-0.2, 0) is 28.2 Å². The minimum Gasteiger partial charge on any atom is -0.329 e. The number of hydrogen-bond donors (Lipinski definition) is 0. The number of fused-ring (bicyclic) bond motifs is 6. The zero-order valence-corrected chi connectivity index (χ0v) is 20.8. The van der Waals surface area contributed by atoms with Crippen LogP contribution < -0.4 is 0 Å². The average Bonchev–Trinajstić information content (AvgIpc) is 2.94. The van der Waals surface area contributed by atoms with Gasteiger partial charge >= 0.3 is 0 Å². The van der Waals surface area contributed by atoms with Crippen LogP contribution in [0.25, 0.3) is 66.2 Å². The molecule has 0 fully saturated rings. The van der Waals surface area contributed by atoms with Gasteiger partial charge in [-0.25, -0.2) is 9.97 Å². The quantitative estimate of drug-likeness (QED) is 0.256. The Morgan fingerprint density at radius 3 is 0.944 bits per heavy atom. The summed E-state index contributed by atoms with van der Waals surface area (Å²) in [5.74, 6) is 0. The van der Waals surface area contributed by atoms with Gasteiger partial charge in [0.25, 0.3) is 0 Å². The molecule has 7 rings (SSSR count). The Hall–Kier alpha value is -4.58. The van der Waals surface area contributed by atoms with Crippen molar-refractivity contribution in [3.63, 3.8) is 0 Å². The van der Waals surface area contributed by atoms with E-state index in [4.69, 9.17) is 9.97 Å². The summed E-state index contributed by atoms with van der Waals surface area (Å²) in [7, 11) is 8.34. The van der Waals surface area contributed by atoms with Gasteiger partial charge in [-0.15, -0.1) is 0 Å². The largest absolute Gasteiger partial charge is 0.329 e. The molecule has 0 aliphatic rings. The fraction of sp³-hybridized carbons (Fsp3) is 0.133. The molecule has 0 aliphatic heterocycles. The highest BCUT2D eigenvalue weighted by Crippen LogP contribution is 2.25. The van der Waals surface area contributed by atoms with Gasteiger partial charge in [-0.3, -0.25) is 0 Å². The van der Waals surface area contributed by atoms with E-state index in [1.807, 2.05) is 0 Å². The van der Waals surface area contributed by atoms with Crippen molar-refractivity contribution in [3.05, 3.63) is 84.9 Å². The second kappa shape index (κ2) is 7.46. The summed E-state index contributed by atoms with van der Waals surface area (Å²) < 4.78 is 8.68. The lowest BCUT2D eigenvalue weighted by molar-refractivity contribution is 0.940. The van der Waals surface area contributed by atoms with Crippen LogP contribution in [0.15, 0.2) is 84.9 Å². The van der Waals surface area contributed by atoms with E-state index in [2.05, 4.69) is 131 Å². The highest BCUT2D eigenvalue weighted by Gasteiger charge is 2.08. The molecule has 0 aliphatic carbocycles. The molecule has 4 heterocycles. The minimum absolute atomic E-state index is 0.905. The smallest absolute Gasteiger partial charge is 0.142 e. The van der Waals surface area contributed by atoms with Crippen LogP contribution in [0.5, 0.6) is 0 Å². The first-order valence-corrected chi connectivity index (χ1v) is 12.1. The molecule has 3 aromatic carbocycles. The molecule has 6 heteroatoms. The molecule has 0 unspecified atom stereocenters. The molecule has 0 spiro atoms. The van der Waals surface area contributed by atoms with Crippen molar-refractivity contribution in [2.45, 2.75) is 0 Å². The maximum atomic E-state index is 5.30. The topological polar surface area (TPSA) is 45.5 Å². The lowest BCUT2D eigenvalue weighted by Crippen LogP contribution is -2.01. The fourth-order valence-corrected chi connectivity index (χ4v) is 5.29. The molecular weight excluding hydrogens is 444 g/mol. The van der Waals surface area contributed by atoms with Crippen molar-refractivity contribution in [2.75, 3.05) is 0 Å². The summed E-state index contributed by atoms with van der Waals surface area (Å²) >= 11 is 0. The Bertz CT molecular complexity index is 1810. The molecule has 7 aromatic rings. The molecule has 6 nitrogen and oxygen atoms in total. The molecule has 8 bridgehead atoms. The van der Waals surface area contributed by atoms with E-state index < -0.39 is 0 Å². The Kier molecular flexibility index (Phi) is 4.30. The van der Waals surface area contributed by atoms with E-state index in [1.165, 1.54) is 0 Å². The monoisotopic (exact) mass is 470 g/mol. The summed E-state index contributed by atoms with van der Waals surface area (Å²) in [5, 5.41) is 4.24. The number of benzene rings is 2. The lowest BCUT2D eigenvalue weighted by Gasteiger charge is -2.10. The standard InChI is InChI=1S/C30H26N6/c1-33-23-7-5-8-24(17-23)34(2)29-21-12-11-19-15-20-13-14-22(16-21)30(32-29)36(4)26-10-6-9-25(18-26)35(3)28(20)31-27(19)33/h5-18H,1-4H3. The van der Waals surface area contributed by atoms with Crippen molar-refractivity contribution < 1.29 is 0 Å². The first kappa shape index (κ1) is 20.8. The number of hydrogen-bond acceptors (Lipinski definition) is 2. The van der Waals surface area contributed by atoms with Crippen molar-refractivity contribution >= 4 is 66.2 Å². The van der Waals surface area contributed by atoms with Gasteiger partial charge in [-0.2, -0.15) is 0 Å². The van der Waals surface area contributed by atoms with Crippen molar-refractivity contribution in [1.82, 2.24) is 28.2 Å². The van der Waals surface area contributed by atoms with Crippen LogP contribution in [-0.4, -0.2) is 28.2 Å². The average molecular weight is 471 g/mol. The van der Waals surface area contributed by atoms with Crippen molar-refractivity contribution in [3.8, 4) is 0 Å². The van der Waals surface area contributed by atoms with Crippen LogP contribution in [0.2, 0.25) is 0 Å². The molecule has 4 aromatic heterocycles. The van der Waals surface area contributed by atoms with Crippen LogP contribution in [0.1, 0.15) is 0 Å². The minimum atomic E-state index is 0.905. The number of pyridine rings is 2. The van der Waals surface area contributed by atoms with Gasteiger partial charge in [0.05, 0.1) is 0 Å². The van der Waals surface area contributed by atoms with E-state index in [0.717, 1.165) is 66.2 Å². The van der Waals surface area contributed by atoms with Crippen molar-refractivity contribution in [1.29, 1.82) is 0 Å². The summed E-state index contributed by atoms with van der Waals surface area (Å²) in [6.45, 7) is 0. The zero-order valence-electron chi connectivity index (χ0n) is 20.8. The van der Waals surface area contributed by atoms with E-state index in [0.29, 0.717) is 0 Å². The summed E-state index contributed by atoms with van der Waals surface area (Å²) in [6.07, 6.45) is 0. The number of aryl methyl sites for hydroxylation is 4. The number of rotatable bonds is 0. The Labute approximate surface area is 207 Å². The molecule has 0 radical (unpaired) electrons. The van der Waals surface area contributed by atoms with Crippen molar-refractivity contribution in [2.24, 2.45) is 28.2 Å². The van der Waals surface area contributed by atoms with Crippen LogP contribution >= 0.6 is 0 Å². The second-order valence-electron chi connectivity index (χ2n) is 9.57. The number of aromatic nitrogens is 6. The third kappa shape index (κ3) is 2.97. The first-order valence-electron chi connectivity index (χ1n) is 12.1. The third-order valence-corrected chi connectivity index (χ3v) is 7.44. The van der Waals surface area contributed by atoms with E-state index >= 15 is 0 Å². The van der Waals surface area contributed by atoms with Gasteiger partial charge < -0.3 is 18.3 Å². The highest BCUT2D eigenvalue weighted by atomic mass is 15.1. The Morgan fingerprint density at radius 1 is 0.389 bits per heavy atom. The SMILES string of the molecule is Cn1c2cccc(c2)n(C)c2nc3c4ccc5cc(ccc2c4)c1nc5n(C)c1cccc(c1)n3C. The van der Waals surface area contributed by atoms with E-state index in [-0.39, 0.29) is 0 Å². The second-order valence-corrected chi connectivity index (χ2v) is 9.57. The van der Waals surface area contributed by atoms with Gasteiger partial charge in [0, 0.05) is 71.8 Å². The molecule has 176 valence electrons. The summed E-state index contributed by atoms with van der Waals surface area (Å²) in [6, 6.07) is 30.3. The van der Waals surface area contributed by atoms with E-state index in [9.17, 15) is 0 Å². The zero-order chi connectivity index (χ0) is 24.6. The third-order valence-electron chi connectivity index (χ3n) is 7.44. The van der Waals surface area contributed by atoms with Crippen LogP contribution in [0.3, 0.4) is 0 Å². The lowest BCUT2D eigenvalue weighted by atomic mass is 10.1. The normalized spacial score (nSPS) is 11.9. The molecule has 0 amide bonds. The molecule has 36 heavy (non-hydrogen) atoms. The van der Waals surface area contributed by atoms with Crippen LogP contribution in [0.4, 0.5) is 0 Å². The maximum absolute atomic E-state index is 5.30. The van der Waals surface area contributed by atoms with Gasteiger partial charge in [0.15, 0.2) is 0 Å². The summed E-state index contributed by atoms with van der Waals surface area (Å²) in [5.41, 5.74) is 7.90. The highest BCUT2D eigenvalue weighted by molar-refractivity contribution is 5.95. The van der Waals surface area contributed by atoms with Gasteiger partial charge in [-0.05, 0) is 48.5 Å². The van der Waals surface area contributed by atoms with Gasteiger partial charge in [0.1, 0.15) is 22.6 Å². The molecule has 0 atom stereocenters. The molecule has 0 saturated heterocycles. The first-order chi connectivity index (χ1) is 17.5. The predicted molar refractivity (Wildman–Crippen MR) is 149 cm³/mol. The Morgan fingerprint density at radius 2 is 0.667 bits per heavy atom. The summed E-state index contributed by atoms with van der Waals surface area (Å²) in [4.78, 5) is 10.6. The molecular formula is C30H26N6.